The van der Waals surface area contributed by atoms with Gasteiger partial charge >= 0.3 is 0 Å². The fourth-order valence-corrected chi connectivity index (χ4v) is 2.92. The van der Waals surface area contributed by atoms with Gasteiger partial charge in [0.25, 0.3) is 0 Å². The Morgan fingerprint density at radius 2 is 2.28 bits per heavy atom. The third-order valence-electron chi connectivity index (χ3n) is 4.28. The number of carbonyl (C=O) groups excluding carboxylic acids is 2. The van der Waals surface area contributed by atoms with Crippen molar-refractivity contribution >= 4 is 11.8 Å². The van der Waals surface area contributed by atoms with Crippen molar-refractivity contribution in [2.75, 3.05) is 19.7 Å². The molecule has 1 aromatic carbocycles. The summed E-state index contributed by atoms with van der Waals surface area (Å²) in [6.45, 7) is 4.73. The Bertz CT molecular complexity index is 579. The number of benzene rings is 1. The zero-order chi connectivity index (χ0) is 18.1. The van der Waals surface area contributed by atoms with Crippen molar-refractivity contribution in [2.45, 2.75) is 45.2 Å². The molecule has 1 saturated heterocycles. The molecule has 1 heterocycles. The van der Waals surface area contributed by atoms with Crippen LogP contribution in [0.3, 0.4) is 0 Å². The molecule has 1 atom stereocenters. The molecule has 25 heavy (non-hydrogen) atoms. The van der Waals surface area contributed by atoms with Crippen LogP contribution in [0.25, 0.3) is 0 Å². The Morgan fingerprint density at radius 1 is 1.44 bits per heavy atom. The molecule has 1 aromatic rings. The Morgan fingerprint density at radius 3 is 3.04 bits per heavy atom. The van der Waals surface area contributed by atoms with Crippen LogP contribution < -0.4 is 21.3 Å². The third kappa shape index (κ3) is 6.03. The van der Waals surface area contributed by atoms with E-state index in [1.165, 1.54) is 0 Å². The lowest BCUT2D eigenvalue weighted by molar-refractivity contribution is -0.134. The standard InChI is InChI=1S/C18H28N4O3/c1-2-3-4-10-25-15-7-5-6-14(11-15)13-22-9-8-20-18(24)16(22)12-17(23)21-19/h5-7,11,16H,2-4,8-10,12-13,19H2,1H3,(H,20,24)(H,21,23). The molecule has 138 valence electrons. The summed E-state index contributed by atoms with van der Waals surface area (Å²) < 4.78 is 5.79. The lowest BCUT2D eigenvalue weighted by Gasteiger charge is -2.34. The molecule has 0 saturated carbocycles. The fourth-order valence-electron chi connectivity index (χ4n) is 2.92. The van der Waals surface area contributed by atoms with Gasteiger partial charge in [-0.1, -0.05) is 31.9 Å². The van der Waals surface area contributed by atoms with Crippen molar-refractivity contribution in [1.29, 1.82) is 0 Å². The second-order valence-electron chi connectivity index (χ2n) is 6.25. The number of ether oxygens (including phenoxy) is 1. The normalized spacial score (nSPS) is 17.8. The lowest BCUT2D eigenvalue weighted by atomic mass is 10.1. The maximum atomic E-state index is 12.1. The first-order valence-corrected chi connectivity index (χ1v) is 8.87. The Labute approximate surface area is 148 Å². The number of carbonyl (C=O) groups is 2. The van der Waals surface area contributed by atoms with E-state index in [1.54, 1.807) is 0 Å². The lowest BCUT2D eigenvalue weighted by Crippen LogP contribution is -2.56. The number of amides is 2. The summed E-state index contributed by atoms with van der Waals surface area (Å²) in [5.74, 6) is 5.51. The van der Waals surface area contributed by atoms with Crippen molar-refractivity contribution in [3.05, 3.63) is 29.8 Å². The Kier molecular flexibility index (Phi) is 7.69. The van der Waals surface area contributed by atoms with Gasteiger partial charge in [0.1, 0.15) is 5.75 Å². The minimum Gasteiger partial charge on any atom is -0.494 e. The number of unbranched alkanes of at least 4 members (excludes halogenated alkanes) is 2. The van der Waals surface area contributed by atoms with E-state index in [2.05, 4.69) is 17.7 Å². The van der Waals surface area contributed by atoms with E-state index in [-0.39, 0.29) is 18.2 Å². The van der Waals surface area contributed by atoms with Gasteiger partial charge in [-0.2, -0.15) is 0 Å². The van der Waals surface area contributed by atoms with Gasteiger partial charge in [0.2, 0.25) is 11.8 Å². The Balaban J connectivity index is 1.98. The zero-order valence-electron chi connectivity index (χ0n) is 14.8. The molecule has 0 aromatic heterocycles. The van der Waals surface area contributed by atoms with Crippen LogP contribution in [0.1, 0.15) is 38.2 Å². The van der Waals surface area contributed by atoms with Gasteiger partial charge in [-0.3, -0.25) is 19.9 Å². The topological polar surface area (TPSA) is 96.7 Å². The monoisotopic (exact) mass is 348 g/mol. The van der Waals surface area contributed by atoms with E-state index in [0.29, 0.717) is 26.2 Å². The highest BCUT2D eigenvalue weighted by molar-refractivity contribution is 5.88. The summed E-state index contributed by atoms with van der Waals surface area (Å²) >= 11 is 0. The second-order valence-corrected chi connectivity index (χ2v) is 6.25. The molecule has 4 N–H and O–H groups in total. The van der Waals surface area contributed by atoms with Crippen LogP contribution in [0.5, 0.6) is 5.75 Å². The zero-order valence-corrected chi connectivity index (χ0v) is 14.8. The van der Waals surface area contributed by atoms with E-state index in [4.69, 9.17) is 10.6 Å². The summed E-state index contributed by atoms with van der Waals surface area (Å²) in [5, 5.41) is 2.80. The highest BCUT2D eigenvalue weighted by atomic mass is 16.5. The number of rotatable bonds is 9. The van der Waals surface area contributed by atoms with Crippen molar-refractivity contribution in [3.8, 4) is 5.75 Å². The predicted octanol–water partition coefficient (Wildman–Crippen LogP) is 0.936. The quantitative estimate of drug-likeness (QED) is 0.267. The van der Waals surface area contributed by atoms with Gasteiger partial charge in [0.05, 0.1) is 19.1 Å². The second kappa shape index (κ2) is 10.0. The largest absolute Gasteiger partial charge is 0.494 e. The minimum atomic E-state index is -0.508. The molecule has 2 rings (SSSR count). The number of hydrogen-bond acceptors (Lipinski definition) is 5. The van der Waals surface area contributed by atoms with Gasteiger partial charge in [0.15, 0.2) is 0 Å². The summed E-state index contributed by atoms with van der Waals surface area (Å²) in [6.07, 6.45) is 3.42. The molecule has 0 spiro atoms. The fraction of sp³-hybridized carbons (Fsp3) is 0.556. The van der Waals surface area contributed by atoms with E-state index >= 15 is 0 Å². The van der Waals surface area contributed by atoms with Crippen molar-refractivity contribution < 1.29 is 14.3 Å². The molecule has 0 radical (unpaired) electrons. The predicted molar refractivity (Wildman–Crippen MR) is 95.6 cm³/mol. The van der Waals surface area contributed by atoms with Gasteiger partial charge in [-0.15, -0.1) is 0 Å². The van der Waals surface area contributed by atoms with Crippen LogP contribution in [0.15, 0.2) is 24.3 Å². The maximum Gasteiger partial charge on any atom is 0.237 e. The van der Waals surface area contributed by atoms with Crippen molar-refractivity contribution in [2.24, 2.45) is 5.84 Å². The molecule has 0 aliphatic carbocycles. The number of nitrogens with zero attached hydrogens (tertiary/aromatic N) is 1. The summed E-state index contributed by atoms with van der Waals surface area (Å²) in [6, 6.07) is 7.39. The first kappa shape index (κ1) is 19.2. The van der Waals surface area contributed by atoms with Crippen LogP contribution in [-0.4, -0.2) is 42.5 Å². The first-order chi connectivity index (χ1) is 12.1. The minimum absolute atomic E-state index is 0.0511. The van der Waals surface area contributed by atoms with E-state index in [0.717, 1.165) is 30.6 Å². The first-order valence-electron chi connectivity index (χ1n) is 8.87. The average molecular weight is 348 g/mol. The molecule has 1 unspecified atom stereocenters. The van der Waals surface area contributed by atoms with E-state index in [1.807, 2.05) is 29.2 Å². The van der Waals surface area contributed by atoms with Gasteiger partial charge in [-0.05, 0) is 24.1 Å². The summed E-state index contributed by atoms with van der Waals surface area (Å²) in [4.78, 5) is 25.7. The maximum absolute atomic E-state index is 12.1. The number of hydrazine groups is 1. The van der Waals surface area contributed by atoms with Crippen LogP contribution in [0.2, 0.25) is 0 Å². The average Bonchev–Trinajstić information content (AvgIpc) is 2.62. The van der Waals surface area contributed by atoms with Crippen LogP contribution >= 0.6 is 0 Å². The molecular formula is C18H28N4O3. The number of nitrogens with two attached hydrogens (primary N) is 1. The molecule has 2 amide bonds. The molecule has 7 nitrogen and oxygen atoms in total. The summed E-state index contributed by atoms with van der Waals surface area (Å²) in [7, 11) is 0. The van der Waals surface area contributed by atoms with Crippen LogP contribution in [0, 0.1) is 0 Å². The number of nitrogens with one attached hydrogen (secondary N) is 2. The third-order valence-corrected chi connectivity index (χ3v) is 4.28. The molecule has 1 fully saturated rings. The highest BCUT2D eigenvalue weighted by Crippen LogP contribution is 2.18. The van der Waals surface area contributed by atoms with E-state index in [9.17, 15) is 9.59 Å². The van der Waals surface area contributed by atoms with Crippen molar-refractivity contribution in [3.63, 3.8) is 0 Å². The summed E-state index contributed by atoms with van der Waals surface area (Å²) in [5.41, 5.74) is 3.15. The van der Waals surface area contributed by atoms with Gasteiger partial charge in [-0.25, -0.2) is 5.84 Å². The van der Waals surface area contributed by atoms with Gasteiger partial charge < -0.3 is 10.1 Å². The van der Waals surface area contributed by atoms with E-state index < -0.39 is 6.04 Å². The molecule has 1 aliphatic rings. The highest BCUT2D eigenvalue weighted by Gasteiger charge is 2.31. The molecule has 7 heteroatoms. The molecule has 0 bridgehead atoms. The smallest absolute Gasteiger partial charge is 0.237 e. The number of hydrogen-bond donors (Lipinski definition) is 3. The molecule has 1 aliphatic heterocycles. The van der Waals surface area contributed by atoms with Gasteiger partial charge in [0, 0.05) is 19.6 Å². The number of piperazine rings is 1. The van der Waals surface area contributed by atoms with Crippen molar-refractivity contribution in [1.82, 2.24) is 15.6 Å². The Hall–Kier alpha value is -2.12. The SMILES string of the molecule is CCCCCOc1cccc(CN2CCNC(=O)C2CC(=O)NN)c1. The van der Waals surface area contributed by atoms with Crippen LogP contribution in [0.4, 0.5) is 0 Å². The molecular weight excluding hydrogens is 320 g/mol. The van der Waals surface area contributed by atoms with Crippen LogP contribution in [-0.2, 0) is 16.1 Å².